The first-order chi connectivity index (χ1) is 6.63. The zero-order valence-electron chi connectivity index (χ0n) is 8.88. The van der Waals surface area contributed by atoms with Crippen LogP contribution in [0.4, 0.5) is 0 Å². The molecule has 6 nitrogen and oxygen atoms in total. The van der Waals surface area contributed by atoms with Gasteiger partial charge in [0.25, 0.3) is 0 Å². The first-order valence-corrected chi connectivity index (χ1v) is 5.94. The number of hydrogen-bond acceptors (Lipinski definition) is 3. The molecule has 0 bridgehead atoms. The van der Waals surface area contributed by atoms with Crippen molar-refractivity contribution in [2.75, 3.05) is 0 Å². The molecule has 0 aliphatic carbocycles. The Morgan fingerprint density at radius 3 is 1.81 bits per heavy atom. The Bertz CT molecular complexity index is 254. The minimum absolute atomic E-state index is 0. The van der Waals surface area contributed by atoms with E-state index in [1.807, 2.05) is 0 Å². The van der Waals surface area contributed by atoms with E-state index in [-0.39, 0.29) is 29.6 Å². The Hall–Kier alpha value is 0.340. The molecule has 0 aliphatic rings. The Labute approximate surface area is 118 Å². The van der Waals surface area contributed by atoms with Gasteiger partial charge in [0, 0.05) is 6.42 Å². The summed E-state index contributed by atoms with van der Waals surface area (Å²) in [4.78, 5) is 10.0. The quantitative estimate of drug-likeness (QED) is 0.388. The van der Waals surface area contributed by atoms with E-state index in [0.717, 1.165) is 19.3 Å². The van der Waals surface area contributed by atoms with Crippen molar-refractivity contribution in [1.29, 1.82) is 0 Å². The van der Waals surface area contributed by atoms with Crippen LogP contribution in [0.25, 0.3) is 0 Å². The van der Waals surface area contributed by atoms with Gasteiger partial charge in [-0.05, 0) is 12.3 Å². The zero-order chi connectivity index (χ0) is 12.5. The summed E-state index contributed by atoms with van der Waals surface area (Å²) in [5.41, 5.74) is 0. The number of aliphatic carboxylic acids is 1. The number of unbranched alkanes of at least 4 members (excludes halogenated alkanes) is 1. The fourth-order valence-corrected chi connectivity index (χ4v) is 0.829. The number of hydrogen-bond donors (Lipinski definition) is 3. The zero-order valence-corrected chi connectivity index (χ0v) is 9.70. The van der Waals surface area contributed by atoms with Crippen molar-refractivity contribution in [3.05, 3.63) is 0 Å². The molecule has 0 heterocycles. The predicted molar refractivity (Wildman–Crippen MR) is 62.3 cm³/mol. The summed E-state index contributed by atoms with van der Waals surface area (Å²) in [6, 6.07) is 0. The van der Waals surface area contributed by atoms with Crippen molar-refractivity contribution < 1.29 is 27.4 Å². The molecule has 0 aromatic carbocycles. The molecule has 0 amide bonds. The summed E-state index contributed by atoms with van der Waals surface area (Å²) >= 11 is 0. The first kappa shape index (κ1) is 21.6. The maximum absolute atomic E-state index is 10.0. The first-order valence-electron chi connectivity index (χ1n) is 4.54. The van der Waals surface area contributed by atoms with E-state index >= 15 is 0 Å². The summed E-state index contributed by atoms with van der Waals surface area (Å²) in [6.07, 6.45) is 3.34. The van der Waals surface area contributed by atoms with Crippen LogP contribution in [0.15, 0.2) is 0 Å². The van der Waals surface area contributed by atoms with Crippen LogP contribution in [0, 0.1) is 5.92 Å². The van der Waals surface area contributed by atoms with Crippen LogP contribution in [-0.4, -0.2) is 58.2 Å². The molecule has 0 atom stereocenters. The molecule has 16 heavy (non-hydrogen) atoms. The van der Waals surface area contributed by atoms with Crippen molar-refractivity contribution in [1.82, 2.24) is 0 Å². The van der Waals surface area contributed by atoms with Crippen molar-refractivity contribution in [3.63, 3.8) is 0 Å². The molecule has 0 aliphatic heterocycles. The van der Waals surface area contributed by atoms with Gasteiger partial charge in [0.15, 0.2) is 0 Å². The summed E-state index contributed by atoms with van der Waals surface area (Å²) < 4.78 is 31.6. The topological polar surface area (TPSA) is 112 Å². The average molecular weight is 266 g/mol. The van der Waals surface area contributed by atoms with Gasteiger partial charge in [-0.25, -0.2) is 0 Å². The molecule has 0 saturated heterocycles. The van der Waals surface area contributed by atoms with Crippen molar-refractivity contribution in [2.24, 2.45) is 5.92 Å². The average Bonchev–Trinajstić information content (AvgIpc) is 1.94. The van der Waals surface area contributed by atoms with Gasteiger partial charge in [0.05, 0.1) is 0 Å². The number of carboxylic acids is 1. The molecule has 8 heteroatoms. The van der Waals surface area contributed by atoms with E-state index < -0.39 is 16.4 Å². The van der Waals surface area contributed by atoms with Gasteiger partial charge >= 0.3 is 45.9 Å². The van der Waals surface area contributed by atoms with E-state index in [0.29, 0.717) is 12.3 Å². The summed E-state index contributed by atoms with van der Waals surface area (Å²) in [5, 5.41) is 8.28. The van der Waals surface area contributed by atoms with E-state index in [2.05, 4.69) is 13.8 Å². The maximum atomic E-state index is 10.0. The summed E-state index contributed by atoms with van der Waals surface area (Å²) in [7, 11) is -4.67. The van der Waals surface area contributed by atoms with Gasteiger partial charge in [-0.1, -0.05) is 26.7 Å². The van der Waals surface area contributed by atoms with Gasteiger partial charge in [0.1, 0.15) is 0 Å². The molecule has 3 N–H and O–H groups in total. The monoisotopic (exact) mass is 266 g/mol. The van der Waals surface area contributed by atoms with Crippen molar-refractivity contribution in [3.8, 4) is 0 Å². The van der Waals surface area contributed by atoms with Crippen LogP contribution >= 0.6 is 0 Å². The second-order valence-corrected chi connectivity index (χ2v) is 4.38. The summed E-state index contributed by atoms with van der Waals surface area (Å²) in [5.74, 6) is 0.0255. The van der Waals surface area contributed by atoms with Gasteiger partial charge in [-0.2, -0.15) is 8.42 Å². The Morgan fingerprint density at radius 2 is 1.56 bits per heavy atom. The summed E-state index contributed by atoms with van der Waals surface area (Å²) in [6.45, 7) is 4.31. The third-order valence-electron chi connectivity index (χ3n) is 1.42. The number of rotatable bonds is 5. The fraction of sp³-hybridized carbons (Fsp3) is 0.875. The second kappa shape index (κ2) is 11.8. The molecule has 94 valence electrons. The Kier molecular flexibility index (Phi) is 16.0. The molecule has 0 unspecified atom stereocenters. The van der Waals surface area contributed by atoms with Crippen LogP contribution in [-0.2, 0) is 15.2 Å². The fourth-order valence-electron chi connectivity index (χ4n) is 0.829. The number of carboxylic acid groups (broad SMARTS) is 1. The predicted octanol–water partition coefficient (Wildman–Crippen LogP) is 0.986. The molecule has 0 aromatic heterocycles. The van der Waals surface area contributed by atoms with E-state index in [1.54, 1.807) is 0 Å². The third kappa shape index (κ3) is 47.4. The molecular formula is C8H19NaO6S. The minimum atomic E-state index is -4.67. The molecule has 0 saturated carbocycles. The SMILES string of the molecule is CC(C)CCCCC(=O)O.O=S(=O)(O)O.[NaH]. The van der Waals surface area contributed by atoms with E-state index in [1.165, 1.54) is 0 Å². The van der Waals surface area contributed by atoms with Crippen molar-refractivity contribution >= 4 is 45.9 Å². The van der Waals surface area contributed by atoms with E-state index in [9.17, 15) is 4.79 Å². The Balaban J connectivity index is -0.000000242. The second-order valence-electron chi connectivity index (χ2n) is 3.48. The van der Waals surface area contributed by atoms with Crippen LogP contribution in [0.3, 0.4) is 0 Å². The van der Waals surface area contributed by atoms with Gasteiger partial charge in [-0.15, -0.1) is 0 Å². The van der Waals surface area contributed by atoms with Gasteiger partial charge < -0.3 is 5.11 Å². The van der Waals surface area contributed by atoms with Crippen LogP contribution in [0.5, 0.6) is 0 Å². The van der Waals surface area contributed by atoms with Crippen molar-refractivity contribution in [2.45, 2.75) is 39.5 Å². The van der Waals surface area contributed by atoms with E-state index in [4.69, 9.17) is 22.6 Å². The molecular weight excluding hydrogens is 247 g/mol. The molecule has 0 aromatic rings. The van der Waals surface area contributed by atoms with Crippen LogP contribution < -0.4 is 0 Å². The van der Waals surface area contributed by atoms with Gasteiger partial charge in [0.2, 0.25) is 0 Å². The molecule has 0 radical (unpaired) electrons. The Morgan fingerprint density at radius 1 is 1.19 bits per heavy atom. The van der Waals surface area contributed by atoms with Gasteiger partial charge in [-0.3, -0.25) is 13.9 Å². The molecule has 0 spiro atoms. The number of carbonyl (C=O) groups is 1. The van der Waals surface area contributed by atoms with Crippen LogP contribution in [0.1, 0.15) is 39.5 Å². The normalized spacial score (nSPS) is 10.1. The standard InChI is InChI=1S/C8H16O2.Na.H2O4S.H/c1-7(2)5-3-4-6-8(9)10;;1-5(2,3)4;/h7H,3-6H2,1-2H3,(H,9,10);;(H2,1,2,3,4);. The van der Waals surface area contributed by atoms with Crippen LogP contribution in [0.2, 0.25) is 0 Å². The molecule has 0 rings (SSSR count). The third-order valence-corrected chi connectivity index (χ3v) is 1.42. The molecule has 0 fully saturated rings.